The van der Waals surface area contributed by atoms with Crippen LogP contribution >= 0.6 is 0 Å². The summed E-state index contributed by atoms with van der Waals surface area (Å²) in [5.74, 6) is 0.139. The monoisotopic (exact) mass is 594 g/mol. The number of hydrogen-bond donors (Lipinski definition) is 2. The Balaban J connectivity index is 1.77. The second-order valence-electron chi connectivity index (χ2n) is 14.7. The van der Waals surface area contributed by atoms with E-state index in [-0.39, 0.29) is 30.0 Å². The standard InChI is InChI=1S/C32H50O8S/c1-17(2)18(3)10-11-19(4)22-13-14-23-21-12-15-25-30(6,7)28(40-41(36,37)38)24(34)16-31(25,8)26(21)27(35)29(32(22,23)9)39-20(5)33/h17,19,22-25,28-29,34H,3,10-16H2,1-2,4-9H3,(H,36,37,38)/t19-,22-,23+,24?,25?,28-,29+,31+,32-/m1/s1. The second kappa shape index (κ2) is 10.9. The van der Waals surface area contributed by atoms with Crippen molar-refractivity contribution in [1.82, 2.24) is 0 Å². The van der Waals surface area contributed by atoms with Crippen molar-refractivity contribution in [1.29, 1.82) is 0 Å². The van der Waals surface area contributed by atoms with Crippen molar-refractivity contribution in [3.8, 4) is 0 Å². The van der Waals surface area contributed by atoms with Crippen LogP contribution in [0.2, 0.25) is 0 Å². The van der Waals surface area contributed by atoms with Gasteiger partial charge in [0, 0.05) is 23.3 Å². The second-order valence-corrected chi connectivity index (χ2v) is 15.8. The number of carbonyl (C=O) groups is 2. The number of Topliss-reactive ketones (excluding diaryl/α,β-unsaturated/α-hetero) is 1. The topological polar surface area (TPSA) is 127 Å². The highest BCUT2D eigenvalue weighted by molar-refractivity contribution is 7.80. The molecule has 9 atom stereocenters. The lowest BCUT2D eigenvalue weighted by Gasteiger charge is -2.61. The summed E-state index contributed by atoms with van der Waals surface area (Å²) in [6.45, 7) is 20.0. The molecule has 0 saturated heterocycles. The maximum absolute atomic E-state index is 14.7. The Bertz CT molecular complexity index is 1230. The smallest absolute Gasteiger partial charge is 0.397 e. The molecule has 0 aromatic rings. The van der Waals surface area contributed by atoms with E-state index in [1.807, 2.05) is 20.8 Å². The first kappa shape index (κ1) is 32.4. The normalized spacial score (nSPS) is 39.1. The zero-order valence-corrected chi connectivity index (χ0v) is 26.8. The average Bonchev–Trinajstić information content (AvgIpc) is 3.19. The Morgan fingerprint density at radius 3 is 2.32 bits per heavy atom. The quantitative estimate of drug-likeness (QED) is 0.203. The summed E-state index contributed by atoms with van der Waals surface area (Å²) < 4.78 is 43.8. The number of aliphatic hydroxyl groups is 1. The maximum atomic E-state index is 14.7. The minimum absolute atomic E-state index is 0.0742. The van der Waals surface area contributed by atoms with Gasteiger partial charge >= 0.3 is 16.4 Å². The molecule has 0 aliphatic heterocycles. The van der Waals surface area contributed by atoms with Gasteiger partial charge in [-0.05, 0) is 80.0 Å². The summed E-state index contributed by atoms with van der Waals surface area (Å²) >= 11 is 0. The van der Waals surface area contributed by atoms with Gasteiger partial charge < -0.3 is 9.84 Å². The van der Waals surface area contributed by atoms with Crippen molar-refractivity contribution in [3.05, 3.63) is 23.3 Å². The highest BCUT2D eigenvalue weighted by atomic mass is 32.3. The zero-order valence-electron chi connectivity index (χ0n) is 26.0. The molecule has 2 saturated carbocycles. The zero-order chi connectivity index (χ0) is 30.9. The molecule has 2 N–H and O–H groups in total. The summed E-state index contributed by atoms with van der Waals surface area (Å²) in [5.41, 5.74) is 0.816. The Morgan fingerprint density at radius 1 is 1.12 bits per heavy atom. The molecule has 2 fully saturated rings. The molecule has 9 heteroatoms. The SMILES string of the molecule is C=C(CC[C@@H](C)[C@H]1CC[C@H]2C3=C(C(=O)[C@H](OC(C)=O)[C@]12C)[C@@]1(C)CC(O)[C@@H](OS(=O)(=O)O)C(C)(C)C1CC3)C(C)C. The van der Waals surface area contributed by atoms with Gasteiger partial charge in [-0.15, -0.1) is 0 Å². The molecule has 0 bridgehead atoms. The summed E-state index contributed by atoms with van der Waals surface area (Å²) in [6, 6.07) is 0. The third-order valence-electron chi connectivity index (χ3n) is 11.7. The van der Waals surface area contributed by atoms with E-state index in [2.05, 4.69) is 34.3 Å². The Morgan fingerprint density at radius 2 is 1.76 bits per heavy atom. The number of ether oxygens (including phenoxy) is 1. The van der Waals surface area contributed by atoms with Gasteiger partial charge in [-0.2, -0.15) is 8.42 Å². The minimum Gasteiger partial charge on any atom is -0.454 e. The number of aliphatic hydroxyl groups excluding tert-OH is 1. The molecule has 0 heterocycles. The predicted octanol–water partition coefficient (Wildman–Crippen LogP) is 5.85. The molecule has 0 radical (unpaired) electrons. The van der Waals surface area contributed by atoms with Crippen LogP contribution in [0.5, 0.6) is 0 Å². The third-order valence-corrected chi connectivity index (χ3v) is 12.1. The summed E-state index contributed by atoms with van der Waals surface area (Å²) in [7, 11) is -4.79. The molecular weight excluding hydrogens is 544 g/mol. The van der Waals surface area contributed by atoms with Crippen LogP contribution in [0.4, 0.5) is 0 Å². The fourth-order valence-corrected chi connectivity index (χ4v) is 10.4. The number of ketones is 1. The first-order valence-electron chi connectivity index (χ1n) is 15.2. The molecule has 232 valence electrons. The molecule has 2 unspecified atom stereocenters. The lowest BCUT2D eigenvalue weighted by Crippen LogP contribution is -2.63. The van der Waals surface area contributed by atoms with Crippen LogP contribution in [0.25, 0.3) is 0 Å². The molecule has 0 amide bonds. The lowest BCUT2D eigenvalue weighted by atomic mass is 9.44. The Hall–Kier alpha value is -1.55. The number of hydrogen-bond acceptors (Lipinski definition) is 7. The number of rotatable bonds is 8. The molecule has 4 aliphatic carbocycles. The lowest BCUT2D eigenvalue weighted by molar-refractivity contribution is -0.173. The van der Waals surface area contributed by atoms with E-state index in [9.17, 15) is 27.7 Å². The van der Waals surface area contributed by atoms with E-state index in [1.165, 1.54) is 12.5 Å². The van der Waals surface area contributed by atoms with E-state index in [4.69, 9.17) is 8.92 Å². The van der Waals surface area contributed by atoms with Crippen LogP contribution in [0, 0.1) is 45.8 Å². The molecule has 41 heavy (non-hydrogen) atoms. The fraction of sp³-hybridized carbons (Fsp3) is 0.812. The molecule has 0 aromatic carbocycles. The number of allylic oxidation sites excluding steroid dienone is 2. The first-order chi connectivity index (χ1) is 18.8. The minimum atomic E-state index is -4.79. The number of carbonyl (C=O) groups excluding carboxylic acids is 2. The van der Waals surface area contributed by atoms with Gasteiger partial charge in [0.2, 0.25) is 5.78 Å². The molecule has 4 rings (SSSR count). The van der Waals surface area contributed by atoms with Crippen LogP contribution in [0.3, 0.4) is 0 Å². The van der Waals surface area contributed by atoms with Crippen molar-refractivity contribution < 1.29 is 36.6 Å². The van der Waals surface area contributed by atoms with Crippen LogP contribution in [0.1, 0.15) is 100 Å². The van der Waals surface area contributed by atoms with Gasteiger partial charge in [0.25, 0.3) is 0 Å². The van der Waals surface area contributed by atoms with Crippen LogP contribution < -0.4 is 0 Å². The predicted molar refractivity (Wildman–Crippen MR) is 156 cm³/mol. The molecule has 0 aromatic heterocycles. The fourth-order valence-electron chi connectivity index (χ4n) is 9.78. The van der Waals surface area contributed by atoms with E-state index in [0.717, 1.165) is 31.3 Å². The van der Waals surface area contributed by atoms with Gasteiger partial charge in [-0.3, -0.25) is 14.1 Å². The van der Waals surface area contributed by atoms with Crippen LogP contribution in [0.15, 0.2) is 23.3 Å². The molecule has 0 spiro atoms. The average molecular weight is 595 g/mol. The van der Waals surface area contributed by atoms with Gasteiger partial charge in [0.15, 0.2) is 6.10 Å². The van der Waals surface area contributed by atoms with E-state index in [1.54, 1.807) is 0 Å². The summed E-state index contributed by atoms with van der Waals surface area (Å²) in [4.78, 5) is 27.1. The van der Waals surface area contributed by atoms with Crippen molar-refractivity contribution >= 4 is 22.2 Å². The largest absolute Gasteiger partial charge is 0.454 e. The highest BCUT2D eigenvalue weighted by Crippen LogP contribution is 2.68. The van der Waals surface area contributed by atoms with Gasteiger partial charge in [0.1, 0.15) is 6.10 Å². The van der Waals surface area contributed by atoms with Crippen molar-refractivity contribution in [2.45, 2.75) is 119 Å². The van der Waals surface area contributed by atoms with E-state index < -0.39 is 50.9 Å². The highest BCUT2D eigenvalue weighted by Gasteiger charge is 2.67. The third kappa shape index (κ3) is 5.38. The molecule has 8 nitrogen and oxygen atoms in total. The Kier molecular flexibility index (Phi) is 8.58. The van der Waals surface area contributed by atoms with Gasteiger partial charge in [-0.25, -0.2) is 4.18 Å². The van der Waals surface area contributed by atoms with E-state index in [0.29, 0.717) is 30.3 Å². The van der Waals surface area contributed by atoms with E-state index >= 15 is 0 Å². The van der Waals surface area contributed by atoms with Crippen molar-refractivity contribution in [3.63, 3.8) is 0 Å². The number of esters is 1. The maximum Gasteiger partial charge on any atom is 0.397 e. The van der Waals surface area contributed by atoms with Crippen LogP contribution in [-0.2, 0) is 28.9 Å². The first-order valence-corrected chi connectivity index (χ1v) is 16.6. The van der Waals surface area contributed by atoms with Crippen LogP contribution in [-0.4, -0.2) is 48.1 Å². The Labute approximate surface area is 246 Å². The van der Waals surface area contributed by atoms with Gasteiger partial charge in [-0.1, -0.05) is 66.2 Å². The molecular formula is C32H50O8S. The molecule has 4 aliphatic rings. The van der Waals surface area contributed by atoms with Crippen molar-refractivity contribution in [2.75, 3.05) is 0 Å². The summed E-state index contributed by atoms with van der Waals surface area (Å²) in [5, 5.41) is 11.2. The number of fused-ring (bicyclic) bond motifs is 4. The van der Waals surface area contributed by atoms with Crippen molar-refractivity contribution in [2.24, 2.45) is 45.8 Å². The summed E-state index contributed by atoms with van der Waals surface area (Å²) in [6.07, 6.45) is 1.93. The van der Waals surface area contributed by atoms with Gasteiger partial charge in [0.05, 0.1) is 6.10 Å².